The zero-order valence-electron chi connectivity index (χ0n) is 10.4. The third-order valence-electron chi connectivity index (χ3n) is 3.19. The summed E-state index contributed by atoms with van der Waals surface area (Å²) in [5.41, 5.74) is 2.95. The molecule has 1 aliphatic heterocycles. The molecule has 0 atom stereocenters. The van der Waals surface area contributed by atoms with Gasteiger partial charge in [-0.1, -0.05) is 0 Å². The first-order valence-electron chi connectivity index (χ1n) is 6.26. The average Bonchev–Trinajstić information content (AvgIpc) is 2.59. The first kappa shape index (κ1) is 12.0. The molecular weight excluding hydrogens is 294 g/mol. The Hall–Kier alpha value is -1.07. The molecular formula is C13H16BrN3O. The summed E-state index contributed by atoms with van der Waals surface area (Å²) in [5, 5.41) is 3.38. The van der Waals surface area contributed by atoms with E-state index >= 15 is 0 Å². The Morgan fingerprint density at radius 2 is 2.22 bits per heavy atom. The number of fused-ring (bicyclic) bond motifs is 1. The van der Waals surface area contributed by atoms with Crippen LogP contribution >= 0.6 is 15.9 Å². The molecule has 0 aliphatic carbocycles. The predicted molar refractivity (Wildman–Crippen MR) is 76.1 cm³/mol. The van der Waals surface area contributed by atoms with Gasteiger partial charge < -0.3 is 14.6 Å². The van der Waals surface area contributed by atoms with E-state index in [0.29, 0.717) is 0 Å². The molecule has 1 saturated heterocycles. The third-order valence-corrected chi connectivity index (χ3v) is 3.78. The molecule has 2 aromatic rings. The first-order chi connectivity index (χ1) is 8.74. The van der Waals surface area contributed by atoms with Gasteiger partial charge in [0.1, 0.15) is 5.52 Å². The molecule has 1 aromatic heterocycles. The average molecular weight is 310 g/mol. The molecule has 1 aliphatic rings. The third kappa shape index (κ3) is 2.24. The molecule has 18 heavy (non-hydrogen) atoms. The van der Waals surface area contributed by atoms with Gasteiger partial charge in [-0.2, -0.15) is 4.98 Å². The Morgan fingerprint density at radius 3 is 3.11 bits per heavy atom. The molecule has 0 spiro atoms. The van der Waals surface area contributed by atoms with Crippen LogP contribution in [0, 0.1) is 6.92 Å². The zero-order chi connectivity index (χ0) is 12.5. The lowest BCUT2D eigenvalue weighted by atomic mass is 10.2. The van der Waals surface area contributed by atoms with E-state index in [2.05, 4.69) is 50.2 Å². The van der Waals surface area contributed by atoms with Crippen LogP contribution in [0.25, 0.3) is 11.1 Å². The molecule has 4 nitrogen and oxygen atoms in total. The highest BCUT2D eigenvalue weighted by Gasteiger charge is 2.16. The lowest BCUT2D eigenvalue weighted by molar-refractivity contribution is 0.569. The number of nitrogens with zero attached hydrogens (tertiary/aromatic N) is 2. The molecule has 96 valence electrons. The monoisotopic (exact) mass is 309 g/mol. The molecule has 5 heteroatoms. The maximum Gasteiger partial charge on any atom is 0.298 e. The summed E-state index contributed by atoms with van der Waals surface area (Å²) in [6.45, 7) is 6.06. The molecule has 0 bridgehead atoms. The molecule has 3 rings (SSSR count). The van der Waals surface area contributed by atoms with Gasteiger partial charge in [-0.3, -0.25) is 0 Å². The van der Waals surface area contributed by atoms with Crippen molar-refractivity contribution >= 4 is 33.0 Å². The van der Waals surface area contributed by atoms with Crippen LogP contribution in [0.1, 0.15) is 12.0 Å². The van der Waals surface area contributed by atoms with Crippen LogP contribution in [-0.2, 0) is 0 Å². The summed E-state index contributed by atoms with van der Waals surface area (Å²) < 4.78 is 6.87. The topological polar surface area (TPSA) is 41.3 Å². The minimum atomic E-state index is 0.736. The number of hydrogen-bond acceptors (Lipinski definition) is 4. The van der Waals surface area contributed by atoms with E-state index in [0.717, 1.165) is 54.2 Å². The summed E-state index contributed by atoms with van der Waals surface area (Å²) in [4.78, 5) is 6.81. The van der Waals surface area contributed by atoms with Crippen molar-refractivity contribution in [3.05, 3.63) is 22.2 Å². The van der Waals surface area contributed by atoms with Crippen molar-refractivity contribution in [3.63, 3.8) is 0 Å². The minimum absolute atomic E-state index is 0.736. The Kier molecular flexibility index (Phi) is 3.26. The quantitative estimate of drug-likeness (QED) is 0.879. The number of hydrogen-bond donors (Lipinski definition) is 1. The number of rotatable bonds is 1. The maximum absolute atomic E-state index is 5.89. The largest absolute Gasteiger partial charge is 0.422 e. The minimum Gasteiger partial charge on any atom is -0.422 e. The van der Waals surface area contributed by atoms with Gasteiger partial charge in [-0.15, -0.1) is 0 Å². The SMILES string of the molecule is Cc1cc(Br)c2oc(N3CCCNCC3)nc2c1. The number of halogens is 1. The molecule has 0 unspecified atom stereocenters. The number of anilines is 1. The summed E-state index contributed by atoms with van der Waals surface area (Å²) in [7, 11) is 0. The van der Waals surface area contributed by atoms with E-state index in [9.17, 15) is 0 Å². The molecule has 0 amide bonds. The fraction of sp³-hybridized carbons (Fsp3) is 0.462. The number of oxazole rings is 1. The van der Waals surface area contributed by atoms with E-state index in [1.54, 1.807) is 0 Å². The van der Waals surface area contributed by atoms with Gasteiger partial charge >= 0.3 is 0 Å². The van der Waals surface area contributed by atoms with Crippen LogP contribution < -0.4 is 10.2 Å². The van der Waals surface area contributed by atoms with Crippen LogP contribution in [0.2, 0.25) is 0 Å². The van der Waals surface area contributed by atoms with Crippen molar-refractivity contribution in [1.82, 2.24) is 10.3 Å². The van der Waals surface area contributed by atoms with Crippen LogP contribution in [-0.4, -0.2) is 31.2 Å². The van der Waals surface area contributed by atoms with Crippen molar-refractivity contribution in [2.75, 3.05) is 31.1 Å². The second kappa shape index (κ2) is 4.90. The second-order valence-corrected chi connectivity index (χ2v) is 5.54. The van der Waals surface area contributed by atoms with Crippen LogP contribution in [0.4, 0.5) is 6.01 Å². The van der Waals surface area contributed by atoms with Crippen LogP contribution in [0.15, 0.2) is 21.0 Å². The number of nitrogens with one attached hydrogen (secondary N) is 1. The van der Waals surface area contributed by atoms with Crippen molar-refractivity contribution in [2.45, 2.75) is 13.3 Å². The molecule has 2 heterocycles. The fourth-order valence-corrected chi connectivity index (χ4v) is 2.93. The predicted octanol–water partition coefficient (Wildman–Crippen LogP) is 2.70. The van der Waals surface area contributed by atoms with Crippen LogP contribution in [0.3, 0.4) is 0 Å². The van der Waals surface area contributed by atoms with Gasteiger partial charge in [-0.25, -0.2) is 0 Å². The molecule has 0 radical (unpaired) electrons. The summed E-state index contributed by atoms with van der Waals surface area (Å²) in [6, 6.07) is 4.85. The number of benzene rings is 1. The Labute approximate surface area is 114 Å². The summed E-state index contributed by atoms with van der Waals surface area (Å²) in [6.07, 6.45) is 1.12. The highest BCUT2D eigenvalue weighted by Crippen LogP contribution is 2.29. The van der Waals surface area contributed by atoms with Gasteiger partial charge in [0.15, 0.2) is 5.58 Å². The lowest BCUT2D eigenvalue weighted by Crippen LogP contribution is -2.27. The van der Waals surface area contributed by atoms with Gasteiger partial charge in [0.25, 0.3) is 6.01 Å². The molecule has 1 N–H and O–H groups in total. The van der Waals surface area contributed by atoms with Crippen molar-refractivity contribution in [1.29, 1.82) is 0 Å². The number of aromatic nitrogens is 1. The molecule has 1 fully saturated rings. The van der Waals surface area contributed by atoms with E-state index in [1.165, 1.54) is 5.56 Å². The van der Waals surface area contributed by atoms with Gasteiger partial charge in [-0.05, 0) is 53.5 Å². The number of aryl methyl sites for hydroxylation is 1. The normalized spacial score (nSPS) is 17.1. The van der Waals surface area contributed by atoms with E-state index in [-0.39, 0.29) is 0 Å². The second-order valence-electron chi connectivity index (χ2n) is 4.68. The lowest BCUT2D eigenvalue weighted by Gasteiger charge is -2.16. The Balaban J connectivity index is 1.99. The summed E-state index contributed by atoms with van der Waals surface area (Å²) in [5.74, 6) is 0. The standard InChI is InChI=1S/C13H16BrN3O/c1-9-7-10(14)12-11(8-9)16-13(18-12)17-5-2-3-15-4-6-17/h7-8,15H,2-6H2,1H3. The van der Waals surface area contributed by atoms with Crippen molar-refractivity contribution in [2.24, 2.45) is 0 Å². The zero-order valence-corrected chi connectivity index (χ0v) is 12.0. The van der Waals surface area contributed by atoms with Crippen molar-refractivity contribution in [3.8, 4) is 0 Å². The van der Waals surface area contributed by atoms with Crippen LogP contribution in [0.5, 0.6) is 0 Å². The van der Waals surface area contributed by atoms with E-state index in [1.807, 2.05) is 0 Å². The van der Waals surface area contributed by atoms with Gasteiger partial charge in [0, 0.05) is 19.6 Å². The summed E-state index contributed by atoms with van der Waals surface area (Å²) >= 11 is 3.54. The Bertz CT molecular complexity index is 559. The van der Waals surface area contributed by atoms with Crippen molar-refractivity contribution < 1.29 is 4.42 Å². The Morgan fingerprint density at radius 1 is 1.33 bits per heavy atom. The highest BCUT2D eigenvalue weighted by atomic mass is 79.9. The molecule has 1 aromatic carbocycles. The van der Waals surface area contributed by atoms with E-state index in [4.69, 9.17) is 4.42 Å². The molecule has 0 saturated carbocycles. The first-order valence-corrected chi connectivity index (χ1v) is 7.06. The van der Waals surface area contributed by atoms with Gasteiger partial charge in [0.2, 0.25) is 0 Å². The smallest absolute Gasteiger partial charge is 0.298 e. The van der Waals surface area contributed by atoms with E-state index < -0.39 is 0 Å². The fourth-order valence-electron chi connectivity index (χ4n) is 2.28. The highest BCUT2D eigenvalue weighted by molar-refractivity contribution is 9.10. The maximum atomic E-state index is 5.89. The van der Waals surface area contributed by atoms with Gasteiger partial charge in [0.05, 0.1) is 4.47 Å².